The van der Waals surface area contributed by atoms with Crippen LogP contribution in [-0.4, -0.2) is 5.91 Å². The summed E-state index contributed by atoms with van der Waals surface area (Å²) in [4.78, 5) is 11.4. The zero-order valence-electron chi connectivity index (χ0n) is 11.2. The van der Waals surface area contributed by atoms with Gasteiger partial charge in [-0.25, -0.2) is 0 Å². The van der Waals surface area contributed by atoms with Crippen LogP contribution >= 0.6 is 0 Å². The maximum atomic E-state index is 11.4. The van der Waals surface area contributed by atoms with Gasteiger partial charge in [0.1, 0.15) is 0 Å². The lowest BCUT2D eigenvalue weighted by atomic mass is 9.82. The van der Waals surface area contributed by atoms with Crippen LogP contribution in [0.25, 0.3) is 11.1 Å². The number of fused-ring (bicyclic) bond motifs is 3. The molecule has 0 radical (unpaired) electrons. The van der Waals surface area contributed by atoms with Crippen molar-refractivity contribution in [3.05, 3.63) is 59.2 Å². The summed E-state index contributed by atoms with van der Waals surface area (Å²) in [5, 5.41) is 3.06. The third-order valence-corrected chi connectivity index (χ3v) is 3.69. The fourth-order valence-electron chi connectivity index (χ4n) is 2.90. The zero-order chi connectivity index (χ0) is 13.4. The minimum absolute atomic E-state index is 0.0240. The highest BCUT2D eigenvalue weighted by Gasteiger charge is 2.24. The van der Waals surface area contributed by atoms with Crippen molar-refractivity contribution in [2.45, 2.75) is 26.3 Å². The first-order valence-corrected chi connectivity index (χ1v) is 6.61. The van der Waals surface area contributed by atoms with Crippen LogP contribution in [0.2, 0.25) is 0 Å². The normalized spacial score (nSPS) is 16.4. The Morgan fingerprint density at radius 2 is 1.95 bits per heavy atom. The highest BCUT2D eigenvalue weighted by atomic mass is 16.1. The van der Waals surface area contributed by atoms with Crippen LogP contribution in [0.4, 0.5) is 0 Å². The predicted molar refractivity (Wildman–Crippen MR) is 76.9 cm³/mol. The van der Waals surface area contributed by atoms with E-state index in [9.17, 15) is 4.79 Å². The quantitative estimate of drug-likeness (QED) is 0.827. The van der Waals surface area contributed by atoms with Crippen molar-refractivity contribution in [2.24, 2.45) is 0 Å². The Morgan fingerprint density at radius 1 is 1.16 bits per heavy atom. The number of rotatable bonds is 1. The Kier molecular flexibility index (Phi) is 2.86. The summed E-state index contributed by atoms with van der Waals surface area (Å²) in [5.41, 5.74) is 6.33. The summed E-state index contributed by atoms with van der Waals surface area (Å²) in [6.45, 7) is 3.68. The lowest BCUT2D eigenvalue weighted by molar-refractivity contribution is -0.119. The summed E-state index contributed by atoms with van der Waals surface area (Å²) >= 11 is 0. The average Bonchev–Trinajstić information content (AvgIpc) is 2.38. The van der Waals surface area contributed by atoms with Gasteiger partial charge in [0.25, 0.3) is 0 Å². The molecule has 2 nitrogen and oxygen atoms in total. The van der Waals surface area contributed by atoms with Crippen molar-refractivity contribution in [3.8, 4) is 11.1 Å². The Morgan fingerprint density at radius 3 is 2.74 bits per heavy atom. The first-order valence-electron chi connectivity index (χ1n) is 6.61. The van der Waals surface area contributed by atoms with Gasteiger partial charge in [-0.2, -0.15) is 0 Å². The van der Waals surface area contributed by atoms with E-state index in [1.165, 1.54) is 27.8 Å². The van der Waals surface area contributed by atoms with Crippen molar-refractivity contribution in [1.29, 1.82) is 0 Å². The third kappa shape index (κ3) is 2.14. The number of carbonyl (C=O) groups excluding carboxylic acids is 1. The fourth-order valence-corrected chi connectivity index (χ4v) is 2.90. The van der Waals surface area contributed by atoms with Crippen LogP contribution in [-0.2, 0) is 11.2 Å². The Bertz CT molecular complexity index is 645. The molecule has 0 saturated carbocycles. The average molecular weight is 251 g/mol. The van der Waals surface area contributed by atoms with Crippen LogP contribution in [0.5, 0.6) is 0 Å². The number of carbonyl (C=O) groups is 1. The molecule has 1 atom stereocenters. The second-order valence-corrected chi connectivity index (χ2v) is 5.21. The molecule has 1 aliphatic rings. The third-order valence-electron chi connectivity index (χ3n) is 3.69. The molecule has 2 heteroatoms. The topological polar surface area (TPSA) is 29.1 Å². The highest BCUT2D eigenvalue weighted by molar-refractivity contribution is 5.78. The minimum atomic E-state index is 0.0240. The molecule has 1 N–H and O–H groups in total. The van der Waals surface area contributed by atoms with Crippen molar-refractivity contribution in [3.63, 3.8) is 0 Å². The molecule has 0 spiro atoms. The predicted octanol–water partition coefficient (Wildman–Crippen LogP) is 3.40. The summed E-state index contributed by atoms with van der Waals surface area (Å²) in [6.07, 6.45) is 0.869. The molecule has 1 amide bonds. The Labute approximate surface area is 113 Å². The molecular weight excluding hydrogens is 234 g/mol. The molecule has 1 aliphatic carbocycles. The first-order chi connectivity index (χ1) is 9.15. The van der Waals surface area contributed by atoms with Crippen molar-refractivity contribution in [1.82, 2.24) is 5.32 Å². The summed E-state index contributed by atoms with van der Waals surface area (Å²) < 4.78 is 0. The fraction of sp³-hybridized carbons (Fsp3) is 0.235. The van der Waals surface area contributed by atoms with Gasteiger partial charge in [-0.1, -0.05) is 48.0 Å². The molecule has 0 heterocycles. The molecule has 0 aromatic heterocycles. The van der Waals surface area contributed by atoms with Gasteiger partial charge in [-0.15, -0.1) is 0 Å². The van der Waals surface area contributed by atoms with Crippen LogP contribution in [0.1, 0.15) is 29.7 Å². The molecule has 0 bridgehead atoms. The van der Waals surface area contributed by atoms with Gasteiger partial charge in [-0.3, -0.25) is 4.79 Å². The van der Waals surface area contributed by atoms with Crippen LogP contribution in [0.3, 0.4) is 0 Å². The van der Waals surface area contributed by atoms with Crippen LogP contribution in [0, 0.1) is 6.92 Å². The van der Waals surface area contributed by atoms with Gasteiger partial charge >= 0.3 is 0 Å². The molecular formula is C17H17NO. The first kappa shape index (κ1) is 12.0. The van der Waals surface area contributed by atoms with Crippen LogP contribution in [0.15, 0.2) is 42.5 Å². The second-order valence-electron chi connectivity index (χ2n) is 5.21. The van der Waals surface area contributed by atoms with Crippen molar-refractivity contribution >= 4 is 5.91 Å². The number of nitrogens with one attached hydrogen (secondary N) is 1. The molecule has 19 heavy (non-hydrogen) atoms. The Hall–Kier alpha value is -2.09. The lowest BCUT2D eigenvalue weighted by Gasteiger charge is -2.28. The smallest absolute Gasteiger partial charge is 0.217 e. The molecule has 0 fully saturated rings. The monoisotopic (exact) mass is 251 g/mol. The van der Waals surface area contributed by atoms with E-state index in [4.69, 9.17) is 0 Å². The van der Waals surface area contributed by atoms with E-state index in [2.05, 4.69) is 48.6 Å². The van der Waals surface area contributed by atoms with E-state index < -0.39 is 0 Å². The maximum Gasteiger partial charge on any atom is 0.217 e. The summed E-state index contributed by atoms with van der Waals surface area (Å²) in [5.74, 6) is 0.0240. The van der Waals surface area contributed by atoms with Gasteiger partial charge in [-0.05, 0) is 35.6 Å². The van der Waals surface area contributed by atoms with E-state index in [-0.39, 0.29) is 11.9 Å². The van der Waals surface area contributed by atoms with E-state index >= 15 is 0 Å². The van der Waals surface area contributed by atoms with E-state index in [1.807, 2.05) is 6.07 Å². The van der Waals surface area contributed by atoms with E-state index in [0.717, 1.165) is 6.42 Å². The lowest BCUT2D eigenvalue weighted by Crippen LogP contribution is -2.30. The molecule has 2 aromatic carbocycles. The summed E-state index contributed by atoms with van der Waals surface area (Å²) in [6, 6.07) is 15.0. The van der Waals surface area contributed by atoms with Gasteiger partial charge in [0.2, 0.25) is 5.91 Å². The van der Waals surface area contributed by atoms with Crippen molar-refractivity contribution in [2.75, 3.05) is 0 Å². The maximum absolute atomic E-state index is 11.4. The summed E-state index contributed by atoms with van der Waals surface area (Å²) in [7, 11) is 0. The number of hydrogen-bond donors (Lipinski definition) is 1. The Balaban J connectivity index is 2.14. The second kappa shape index (κ2) is 4.54. The molecule has 0 aliphatic heterocycles. The molecule has 96 valence electrons. The molecule has 0 unspecified atom stereocenters. The van der Waals surface area contributed by atoms with Gasteiger partial charge in [0.15, 0.2) is 0 Å². The molecule has 3 rings (SSSR count). The molecule has 2 aromatic rings. The van der Waals surface area contributed by atoms with Gasteiger partial charge in [0.05, 0.1) is 6.04 Å². The number of hydrogen-bond acceptors (Lipinski definition) is 1. The zero-order valence-corrected chi connectivity index (χ0v) is 11.2. The van der Waals surface area contributed by atoms with E-state index in [0.29, 0.717) is 0 Å². The van der Waals surface area contributed by atoms with Gasteiger partial charge < -0.3 is 5.32 Å². The molecule has 0 saturated heterocycles. The highest BCUT2D eigenvalue weighted by Crippen LogP contribution is 2.38. The SMILES string of the molecule is CC(=O)N[C@H]1Cc2cc(C)ccc2-c2ccccc21. The standard InChI is InChI=1S/C17H17NO/c1-11-7-8-14-13(9-11)10-17(18-12(2)19)16-6-4-3-5-15(14)16/h3-9,17H,10H2,1-2H3,(H,18,19)/t17-/m0/s1. The van der Waals surface area contributed by atoms with Crippen LogP contribution < -0.4 is 5.32 Å². The minimum Gasteiger partial charge on any atom is -0.349 e. The van der Waals surface area contributed by atoms with Gasteiger partial charge in [0, 0.05) is 6.92 Å². The largest absolute Gasteiger partial charge is 0.349 e. The number of benzene rings is 2. The van der Waals surface area contributed by atoms with Crippen molar-refractivity contribution < 1.29 is 4.79 Å². The number of aryl methyl sites for hydroxylation is 1. The van der Waals surface area contributed by atoms with E-state index in [1.54, 1.807) is 6.92 Å². The number of amides is 1.